The first kappa shape index (κ1) is 22.1. The number of nitrogens with one attached hydrogen (secondary N) is 1. The van der Waals surface area contributed by atoms with E-state index in [1.165, 1.54) is 12.1 Å². The summed E-state index contributed by atoms with van der Waals surface area (Å²) in [4.78, 5) is 22.4. The van der Waals surface area contributed by atoms with E-state index in [-0.39, 0.29) is 10.6 Å². The minimum atomic E-state index is -4.08. The van der Waals surface area contributed by atoms with Gasteiger partial charge in [-0.1, -0.05) is 13.8 Å². The lowest BCUT2D eigenvalue weighted by molar-refractivity contribution is -0.394. The van der Waals surface area contributed by atoms with E-state index in [1.807, 2.05) is 0 Å². The summed E-state index contributed by atoms with van der Waals surface area (Å²) in [7, 11) is -4.08. The number of nitrogens with zero attached hydrogens (tertiary/aromatic N) is 3. The van der Waals surface area contributed by atoms with Crippen molar-refractivity contribution >= 4 is 32.8 Å². The van der Waals surface area contributed by atoms with Crippen molar-refractivity contribution < 1.29 is 18.3 Å². The molecule has 0 aliphatic rings. The summed E-state index contributed by atoms with van der Waals surface area (Å²) >= 11 is 0. The SMILES string of the molecule is CCCN(CCC)c1ccc(S(=O)(=O)Nc2cc([N+](=O)[O-])cc([N+](=O)[O-])c2)cc1. The van der Waals surface area contributed by atoms with Gasteiger partial charge in [-0.05, 0) is 37.1 Å². The molecule has 0 heterocycles. The molecule has 0 saturated heterocycles. The van der Waals surface area contributed by atoms with Crippen LogP contribution < -0.4 is 9.62 Å². The highest BCUT2D eigenvalue weighted by Crippen LogP contribution is 2.28. The number of nitro groups is 2. The summed E-state index contributed by atoms with van der Waals surface area (Å²) in [5, 5.41) is 21.9. The Morgan fingerprint density at radius 3 is 1.79 bits per heavy atom. The first-order valence-electron chi connectivity index (χ1n) is 8.99. The summed E-state index contributed by atoms with van der Waals surface area (Å²) < 4.78 is 27.4. The van der Waals surface area contributed by atoms with Gasteiger partial charge in [0.05, 0.1) is 26.5 Å². The first-order chi connectivity index (χ1) is 13.7. The van der Waals surface area contributed by atoms with Gasteiger partial charge in [-0.15, -0.1) is 0 Å². The van der Waals surface area contributed by atoms with Gasteiger partial charge in [0, 0.05) is 30.9 Å². The van der Waals surface area contributed by atoms with Crippen molar-refractivity contribution in [1.82, 2.24) is 0 Å². The van der Waals surface area contributed by atoms with E-state index in [2.05, 4.69) is 23.5 Å². The van der Waals surface area contributed by atoms with E-state index in [4.69, 9.17) is 0 Å². The van der Waals surface area contributed by atoms with Crippen LogP contribution in [0.25, 0.3) is 0 Å². The molecule has 0 atom stereocenters. The Labute approximate surface area is 168 Å². The summed E-state index contributed by atoms with van der Waals surface area (Å²) in [6, 6.07) is 8.88. The highest BCUT2D eigenvalue weighted by Gasteiger charge is 2.21. The van der Waals surface area contributed by atoms with Gasteiger partial charge in [0.15, 0.2) is 0 Å². The third kappa shape index (κ3) is 5.64. The second kappa shape index (κ2) is 9.32. The molecule has 0 aliphatic heterocycles. The Balaban J connectivity index is 2.32. The molecule has 0 radical (unpaired) electrons. The lowest BCUT2D eigenvalue weighted by Crippen LogP contribution is -2.24. The summed E-state index contributed by atoms with van der Waals surface area (Å²) in [5.41, 5.74) is -0.531. The van der Waals surface area contributed by atoms with Gasteiger partial charge in [0.1, 0.15) is 0 Å². The zero-order valence-electron chi connectivity index (χ0n) is 16.1. The highest BCUT2D eigenvalue weighted by molar-refractivity contribution is 7.92. The van der Waals surface area contributed by atoms with Crippen LogP contribution >= 0.6 is 0 Å². The molecule has 156 valence electrons. The Hall–Kier alpha value is -3.21. The molecule has 11 heteroatoms. The van der Waals surface area contributed by atoms with Gasteiger partial charge in [-0.25, -0.2) is 8.42 Å². The van der Waals surface area contributed by atoms with Gasteiger partial charge in [0.25, 0.3) is 21.4 Å². The van der Waals surface area contributed by atoms with Gasteiger partial charge in [0.2, 0.25) is 0 Å². The van der Waals surface area contributed by atoms with Crippen LogP contribution in [0, 0.1) is 20.2 Å². The zero-order valence-corrected chi connectivity index (χ0v) is 16.9. The van der Waals surface area contributed by atoms with E-state index in [0.717, 1.165) is 49.8 Å². The fourth-order valence-corrected chi connectivity index (χ4v) is 3.87. The van der Waals surface area contributed by atoms with Crippen molar-refractivity contribution in [3.63, 3.8) is 0 Å². The van der Waals surface area contributed by atoms with Crippen molar-refractivity contribution in [2.24, 2.45) is 0 Å². The summed E-state index contributed by atoms with van der Waals surface area (Å²) in [6.07, 6.45) is 1.90. The number of benzene rings is 2. The molecule has 29 heavy (non-hydrogen) atoms. The van der Waals surface area contributed by atoms with Gasteiger partial charge in [-0.3, -0.25) is 25.0 Å². The fourth-order valence-electron chi connectivity index (χ4n) is 2.82. The van der Waals surface area contributed by atoms with Crippen molar-refractivity contribution in [2.45, 2.75) is 31.6 Å². The second-order valence-corrected chi connectivity index (χ2v) is 8.02. The van der Waals surface area contributed by atoms with Crippen molar-refractivity contribution in [3.8, 4) is 0 Å². The lowest BCUT2D eigenvalue weighted by Gasteiger charge is -2.24. The monoisotopic (exact) mass is 422 g/mol. The van der Waals surface area contributed by atoms with Crippen molar-refractivity contribution in [3.05, 3.63) is 62.7 Å². The predicted molar refractivity (Wildman–Crippen MR) is 110 cm³/mol. The van der Waals surface area contributed by atoms with E-state index in [9.17, 15) is 28.6 Å². The number of rotatable bonds is 10. The lowest BCUT2D eigenvalue weighted by atomic mass is 10.2. The smallest absolute Gasteiger partial charge is 0.278 e. The maximum Gasteiger partial charge on any atom is 0.278 e. The van der Waals surface area contributed by atoms with Crippen LogP contribution in [0.15, 0.2) is 47.4 Å². The standard InChI is InChI=1S/C18H22N4O6S/c1-3-9-20(10-4-2)15-5-7-18(8-6-15)29(27,28)19-14-11-16(21(23)24)13-17(12-14)22(25)26/h5-8,11-13,19H,3-4,9-10H2,1-2H3. The topological polar surface area (TPSA) is 136 Å². The zero-order chi connectivity index (χ0) is 21.6. The molecule has 2 rings (SSSR count). The maximum atomic E-state index is 12.6. The molecule has 10 nitrogen and oxygen atoms in total. The molecule has 2 aromatic carbocycles. The van der Waals surface area contributed by atoms with E-state index in [1.54, 1.807) is 12.1 Å². The quantitative estimate of drug-likeness (QED) is 0.452. The van der Waals surface area contributed by atoms with Crippen LogP contribution in [0.3, 0.4) is 0 Å². The second-order valence-electron chi connectivity index (χ2n) is 6.34. The molecule has 0 spiro atoms. The molecule has 0 bridgehead atoms. The van der Waals surface area contributed by atoms with Crippen molar-refractivity contribution in [2.75, 3.05) is 22.7 Å². The van der Waals surface area contributed by atoms with Crippen LogP contribution in [0.2, 0.25) is 0 Å². The minimum absolute atomic E-state index is 0.0524. The molecule has 0 aromatic heterocycles. The number of hydrogen-bond donors (Lipinski definition) is 1. The highest BCUT2D eigenvalue weighted by atomic mass is 32.2. The number of hydrogen-bond acceptors (Lipinski definition) is 7. The van der Waals surface area contributed by atoms with Crippen LogP contribution in [0.5, 0.6) is 0 Å². The average Bonchev–Trinajstić information content (AvgIpc) is 2.67. The molecule has 0 fully saturated rings. The third-order valence-electron chi connectivity index (χ3n) is 4.08. The molecule has 1 N–H and O–H groups in total. The molecule has 0 unspecified atom stereocenters. The normalized spacial score (nSPS) is 11.1. The largest absolute Gasteiger partial charge is 0.372 e. The predicted octanol–water partition coefficient (Wildman–Crippen LogP) is 3.93. The molecular weight excluding hydrogens is 400 g/mol. The van der Waals surface area contributed by atoms with Gasteiger partial charge in [-0.2, -0.15) is 0 Å². The molecule has 0 saturated carbocycles. The number of non-ortho nitro benzene ring substituents is 2. The number of nitro benzene ring substituents is 2. The number of sulfonamides is 1. The van der Waals surface area contributed by atoms with Crippen molar-refractivity contribution in [1.29, 1.82) is 0 Å². The van der Waals surface area contributed by atoms with Crippen LogP contribution in [-0.4, -0.2) is 31.4 Å². The Kier molecular flexibility index (Phi) is 7.10. The third-order valence-corrected chi connectivity index (χ3v) is 5.47. The van der Waals surface area contributed by atoms with E-state index in [0.29, 0.717) is 0 Å². The van der Waals surface area contributed by atoms with Gasteiger partial charge < -0.3 is 4.90 Å². The first-order valence-corrected chi connectivity index (χ1v) is 10.5. The maximum absolute atomic E-state index is 12.6. The fraction of sp³-hybridized carbons (Fsp3) is 0.333. The van der Waals surface area contributed by atoms with Crippen LogP contribution in [0.4, 0.5) is 22.7 Å². The van der Waals surface area contributed by atoms with Gasteiger partial charge >= 0.3 is 0 Å². The molecular formula is C18H22N4O6S. The Morgan fingerprint density at radius 2 is 1.38 bits per heavy atom. The molecule has 0 aliphatic carbocycles. The Bertz CT molecular complexity index is 954. The molecule has 2 aromatic rings. The average molecular weight is 422 g/mol. The summed E-state index contributed by atoms with van der Waals surface area (Å²) in [5.74, 6) is 0. The summed E-state index contributed by atoms with van der Waals surface area (Å²) in [6.45, 7) is 5.80. The van der Waals surface area contributed by atoms with E-state index >= 15 is 0 Å². The minimum Gasteiger partial charge on any atom is -0.372 e. The number of anilines is 2. The van der Waals surface area contributed by atoms with Crippen LogP contribution in [-0.2, 0) is 10.0 Å². The molecule has 0 amide bonds. The van der Waals surface area contributed by atoms with Crippen LogP contribution in [0.1, 0.15) is 26.7 Å². The van der Waals surface area contributed by atoms with E-state index < -0.39 is 31.2 Å². The Morgan fingerprint density at radius 1 is 0.897 bits per heavy atom.